The van der Waals surface area contributed by atoms with Gasteiger partial charge in [0.1, 0.15) is 34.4 Å². The summed E-state index contributed by atoms with van der Waals surface area (Å²) in [5, 5.41) is 12.7. The number of hydrogen-bond acceptors (Lipinski definition) is 6. The third-order valence-electron chi connectivity index (χ3n) is 4.97. The molecule has 0 unspecified atom stereocenters. The molecule has 1 atom stereocenters. The van der Waals surface area contributed by atoms with E-state index in [2.05, 4.69) is 5.32 Å². The summed E-state index contributed by atoms with van der Waals surface area (Å²) in [4.78, 5) is 12.8. The topological polar surface area (TPSA) is 93.0 Å². The van der Waals surface area contributed by atoms with Crippen molar-refractivity contribution in [1.82, 2.24) is 10.8 Å². The maximum Gasteiger partial charge on any atom is 0.244 e. The van der Waals surface area contributed by atoms with Gasteiger partial charge in [0.15, 0.2) is 0 Å². The number of amides is 1. The van der Waals surface area contributed by atoms with Crippen molar-refractivity contribution in [3.05, 3.63) is 65.9 Å². The monoisotopic (exact) mass is 454 g/mol. The Kier molecular flexibility index (Phi) is 7.86. The first-order valence-electron chi connectivity index (χ1n) is 10.2. The number of fused-ring (bicyclic) bond motifs is 1. The maximum absolute atomic E-state index is 12.5. The van der Waals surface area contributed by atoms with Gasteiger partial charge in [-0.05, 0) is 67.4 Å². The Labute approximate surface area is 192 Å². The molecule has 3 N–H and O–H groups in total. The minimum absolute atomic E-state index is 0.161. The number of carbonyl (C=O) groups is 1. The van der Waals surface area contributed by atoms with E-state index in [1.54, 1.807) is 31.4 Å². The van der Waals surface area contributed by atoms with Gasteiger partial charge in [0, 0.05) is 17.0 Å². The molecule has 168 valence electrons. The fourth-order valence-corrected chi connectivity index (χ4v) is 3.21. The predicted molar refractivity (Wildman–Crippen MR) is 127 cm³/mol. The lowest BCUT2D eigenvalue weighted by Gasteiger charge is -2.17. The molecule has 1 aromatic heterocycles. The van der Waals surface area contributed by atoms with E-state index in [-0.39, 0.29) is 16.9 Å². The third-order valence-corrected chi connectivity index (χ3v) is 5.30. The Bertz CT molecular complexity index is 1120. The normalized spacial score (nSPS) is 12.3. The number of hydroxylamine groups is 1. The summed E-state index contributed by atoms with van der Waals surface area (Å²) >= 11 is 4.97. The van der Waals surface area contributed by atoms with Crippen LogP contribution in [0.5, 0.6) is 11.5 Å². The molecule has 3 aromatic rings. The molecule has 0 saturated heterocycles. The van der Waals surface area contributed by atoms with Gasteiger partial charge in [0.05, 0.1) is 13.2 Å². The lowest BCUT2D eigenvalue weighted by molar-refractivity contribution is -0.117. The van der Waals surface area contributed by atoms with Crippen molar-refractivity contribution >= 4 is 39.7 Å². The number of hydrogen-bond donors (Lipinski definition) is 3. The molecule has 0 aliphatic rings. The van der Waals surface area contributed by atoms with Gasteiger partial charge in [-0.2, -0.15) is 0 Å². The fraction of sp³-hybridized carbons (Fsp3) is 0.250. The summed E-state index contributed by atoms with van der Waals surface area (Å²) < 4.78 is 16.9. The van der Waals surface area contributed by atoms with Crippen LogP contribution in [0.1, 0.15) is 31.6 Å². The van der Waals surface area contributed by atoms with Gasteiger partial charge in [-0.1, -0.05) is 19.1 Å². The number of furan rings is 1. The van der Waals surface area contributed by atoms with Crippen molar-refractivity contribution in [2.45, 2.75) is 26.3 Å². The Morgan fingerprint density at radius 3 is 2.56 bits per heavy atom. The van der Waals surface area contributed by atoms with Crippen molar-refractivity contribution in [3.8, 4) is 11.5 Å². The van der Waals surface area contributed by atoms with E-state index in [1.807, 2.05) is 43.6 Å². The van der Waals surface area contributed by atoms with Gasteiger partial charge in [0.2, 0.25) is 5.91 Å². The van der Waals surface area contributed by atoms with Gasteiger partial charge in [-0.15, -0.1) is 0 Å². The minimum atomic E-state index is -0.217. The van der Waals surface area contributed by atoms with Crippen LogP contribution < -0.4 is 20.3 Å². The molecule has 0 bridgehead atoms. The maximum atomic E-state index is 12.5. The number of carbonyl (C=O) groups excluding carboxylic acids is 1. The Morgan fingerprint density at radius 1 is 1.19 bits per heavy atom. The molecule has 32 heavy (non-hydrogen) atoms. The van der Waals surface area contributed by atoms with Crippen LogP contribution in [-0.2, 0) is 4.79 Å². The number of benzene rings is 2. The molecule has 0 aliphatic carbocycles. The summed E-state index contributed by atoms with van der Waals surface area (Å²) in [7, 11) is 1.62. The smallest absolute Gasteiger partial charge is 0.244 e. The van der Waals surface area contributed by atoms with E-state index < -0.39 is 0 Å². The first kappa shape index (κ1) is 23.3. The highest BCUT2D eigenvalue weighted by atomic mass is 32.1. The quantitative estimate of drug-likeness (QED) is 0.249. The van der Waals surface area contributed by atoms with Crippen molar-refractivity contribution in [2.24, 2.45) is 0 Å². The molecule has 1 heterocycles. The average molecular weight is 455 g/mol. The van der Waals surface area contributed by atoms with E-state index in [4.69, 9.17) is 31.3 Å². The van der Waals surface area contributed by atoms with Gasteiger partial charge < -0.3 is 19.2 Å². The molecule has 0 aliphatic heterocycles. The Hall–Kier alpha value is -3.36. The van der Waals surface area contributed by atoms with Crippen LogP contribution >= 0.6 is 12.2 Å². The standard InChI is InChI=1S/C24H26N2O5S/c1-4-18(14-30-19-7-5-16(6-8-19)24(32)26-28)25-23(27)11-15(2)22-13-17-12-20(29-3)9-10-21(17)31-22/h5-13,18,28H,4,14H2,1-3H3,(H,25,27)(H,26,32)/t18-/m0/s1. The molecular formula is C24H26N2O5S. The molecule has 2 aromatic carbocycles. The molecule has 0 saturated carbocycles. The van der Waals surface area contributed by atoms with Crippen LogP contribution in [0.3, 0.4) is 0 Å². The number of ether oxygens (including phenoxy) is 2. The van der Waals surface area contributed by atoms with Crippen LogP contribution in [0, 0.1) is 0 Å². The van der Waals surface area contributed by atoms with Crippen LogP contribution in [0.2, 0.25) is 0 Å². The Morgan fingerprint density at radius 2 is 1.91 bits per heavy atom. The van der Waals surface area contributed by atoms with Gasteiger partial charge >= 0.3 is 0 Å². The van der Waals surface area contributed by atoms with Crippen LogP contribution in [0.25, 0.3) is 16.5 Å². The summed E-state index contributed by atoms with van der Waals surface area (Å²) in [6.45, 7) is 4.13. The molecule has 7 nitrogen and oxygen atoms in total. The average Bonchev–Trinajstić information content (AvgIpc) is 3.25. The molecule has 1 amide bonds. The number of thiocarbonyl (C=S) groups is 1. The largest absolute Gasteiger partial charge is 0.497 e. The van der Waals surface area contributed by atoms with Crippen LogP contribution in [-0.4, -0.2) is 35.9 Å². The lowest BCUT2D eigenvalue weighted by Crippen LogP contribution is -2.37. The Balaban J connectivity index is 1.59. The molecule has 0 fully saturated rings. The van der Waals surface area contributed by atoms with E-state index in [9.17, 15) is 4.79 Å². The van der Waals surface area contributed by atoms with Crippen LogP contribution in [0.4, 0.5) is 0 Å². The summed E-state index contributed by atoms with van der Waals surface area (Å²) in [6, 6.07) is 14.3. The van der Waals surface area contributed by atoms with Crippen molar-refractivity contribution in [3.63, 3.8) is 0 Å². The number of methoxy groups -OCH3 is 1. The molecule has 0 spiro atoms. The number of rotatable bonds is 9. The second kappa shape index (κ2) is 10.8. The highest BCUT2D eigenvalue weighted by molar-refractivity contribution is 7.80. The molecule has 3 rings (SSSR count). The van der Waals surface area contributed by atoms with E-state index >= 15 is 0 Å². The lowest BCUT2D eigenvalue weighted by atomic mass is 10.1. The molecular weight excluding hydrogens is 428 g/mol. The third kappa shape index (κ3) is 5.87. The van der Waals surface area contributed by atoms with E-state index in [0.29, 0.717) is 30.1 Å². The summed E-state index contributed by atoms with van der Waals surface area (Å²) in [5.74, 6) is 1.80. The highest BCUT2D eigenvalue weighted by Crippen LogP contribution is 2.27. The fourth-order valence-electron chi connectivity index (χ4n) is 3.08. The second-order valence-corrected chi connectivity index (χ2v) is 7.64. The minimum Gasteiger partial charge on any atom is -0.497 e. The second-order valence-electron chi connectivity index (χ2n) is 7.23. The van der Waals surface area contributed by atoms with Crippen molar-refractivity contribution in [2.75, 3.05) is 13.7 Å². The van der Waals surface area contributed by atoms with Crippen molar-refractivity contribution < 1.29 is 23.9 Å². The van der Waals surface area contributed by atoms with Gasteiger partial charge in [0.25, 0.3) is 0 Å². The zero-order valence-corrected chi connectivity index (χ0v) is 19.0. The van der Waals surface area contributed by atoms with E-state index in [1.165, 1.54) is 6.08 Å². The zero-order valence-electron chi connectivity index (χ0n) is 18.2. The first-order valence-corrected chi connectivity index (χ1v) is 10.6. The summed E-state index contributed by atoms with van der Waals surface area (Å²) in [6.07, 6.45) is 2.23. The zero-order chi connectivity index (χ0) is 23.1. The van der Waals surface area contributed by atoms with Crippen LogP contribution in [0.15, 0.2) is 59.0 Å². The SMILES string of the molecule is CC[C@@H](COc1ccc(C(=S)NO)cc1)NC(=O)C=C(C)c1cc2cc(OC)ccc2o1. The first-order chi connectivity index (χ1) is 15.4. The summed E-state index contributed by atoms with van der Waals surface area (Å²) in [5.41, 5.74) is 4.08. The van der Waals surface area contributed by atoms with Crippen molar-refractivity contribution in [1.29, 1.82) is 0 Å². The van der Waals surface area contributed by atoms with Gasteiger partial charge in [-0.25, -0.2) is 0 Å². The van der Waals surface area contributed by atoms with E-state index in [0.717, 1.165) is 22.3 Å². The number of nitrogens with one attached hydrogen (secondary N) is 2. The molecule has 8 heteroatoms. The molecule has 0 radical (unpaired) electrons. The number of allylic oxidation sites excluding steroid dienone is 1. The highest BCUT2D eigenvalue weighted by Gasteiger charge is 2.12. The van der Waals surface area contributed by atoms with Gasteiger partial charge in [-0.3, -0.25) is 15.5 Å². The predicted octanol–water partition coefficient (Wildman–Crippen LogP) is 4.47.